The van der Waals surface area contributed by atoms with Gasteiger partial charge >= 0.3 is 0 Å². The van der Waals surface area contributed by atoms with Crippen molar-refractivity contribution in [3.05, 3.63) is 0 Å². The Morgan fingerprint density at radius 2 is 0.982 bits per heavy atom. The summed E-state index contributed by atoms with van der Waals surface area (Å²) in [6, 6.07) is -0.986. The molecule has 10 heteroatoms. The number of hydrogen-bond acceptors (Lipinski definition) is 9. The molecule has 0 radical (unpaired) electrons. The van der Waals surface area contributed by atoms with Gasteiger partial charge in [-0.1, -0.05) is 207 Å². The zero-order chi connectivity index (χ0) is 41.9. The molecule has 1 saturated heterocycles. The van der Waals surface area contributed by atoms with Crippen LogP contribution in [-0.4, -0.2) is 98.7 Å². The highest BCUT2D eigenvalue weighted by atomic mass is 16.7. The maximum atomic E-state index is 13.0. The molecule has 0 unspecified atom stereocenters. The van der Waals surface area contributed by atoms with Crippen LogP contribution in [0.1, 0.15) is 226 Å². The normalized spacial score (nSPS) is 21.5. The molecule has 340 valence electrons. The predicted molar refractivity (Wildman–Crippen MR) is 232 cm³/mol. The maximum absolute atomic E-state index is 13.0. The van der Waals surface area contributed by atoms with E-state index in [0.717, 1.165) is 50.9 Å². The molecule has 0 aromatic rings. The molecule has 0 saturated carbocycles. The number of hydrogen-bond donors (Lipinski definition) is 7. The van der Waals surface area contributed by atoms with Gasteiger partial charge in [-0.3, -0.25) is 4.79 Å². The van der Waals surface area contributed by atoms with E-state index < -0.39 is 55.6 Å². The summed E-state index contributed by atoms with van der Waals surface area (Å²) in [4.78, 5) is 13.0. The second kappa shape index (κ2) is 37.0. The van der Waals surface area contributed by atoms with Crippen molar-refractivity contribution in [3.63, 3.8) is 0 Å². The molecule has 1 aliphatic heterocycles. The molecule has 7 N–H and O–H groups in total. The molecule has 0 aliphatic carbocycles. The standard InChI is InChI=1S/C47H93NO9/c1-4-5-6-7-8-9-10-11-12-13-14-15-16-17-18-19-20-21-26-29-32-35-42(51)48-39(37-56-47-46(55)45(54)44(53)41(36-49)57-47)43(52)40(50)34-31-28-25-23-22-24-27-30-33-38(2)3/h38-41,43-47,49-50,52-55H,4-37H2,1-3H3,(H,48,51)/t39-,40+,41+,43-,44+,45-,46+,47+/m0/s1. The highest BCUT2D eigenvalue weighted by Gasteiger charge is 2.44. The maximum Gasteiger partial charge on any atom is 0.220 e. The van der Waals surface area contributed by atoms with Crippen LogP contribution in [0, 0.1) is 5.92 Å². The third-order valence-corrected chi connectivity index (χ3v) is 12.0. The van der Waals surface area contributed by atoms with Crippen molar-refractivity contribution in [3.8, 4) is 0 Å². The number of ether oxygens (including phenoxy) is 2. The quantitative estimate of drug-likeness (QED) is 0.0298. The predicted octanol–water partition coefficient (Wildman–Crippen LogP) is 9.17. The van der Waals surface area contributed by atoms with E-state index >= 15 is 0 Å². The molecule has 1 aliphatic rings. The highest BCUT2D eigenvalue weighted by molar-refractivity contribution is 5.76. The van der Waals surface area contributed by atoms with Gasteiger partial charge in [0.05, 0.1) is 25.4 Å². The molecule has 8 atom stereocenters. The minimum Gasteiger partial charge on any atom is -0.394 e. The first-order chi connectivity index (χ1) is 27.6. The van der Waals surface area contributed by atoms with Gasteiger partial charge in [-0.2, -0.15) is 0 Å². The second-order valence-corrected chi connectivity index (χ2v) is 17.9. The summed E-state index contributed by atoms with van der Waals surface area (Å²) in [7, 11) is 0. The molecule has 1 rings (SSSR count). The summed E-state index contributed by atoms with van der Waals surface area (Å²) >= 11 is 0. The van der Waals surface area contributed by atoms with Gasteiger partial charge in [0.1, 0.15) is 30.5 Å². The van der Waals surface area contributed by atoms with Crippen LogP contribution in [0.3, 0.4) is 0 Å². The average molecular weight is 816 g/mol. The number of nitrogens with one attached hydrogen (secondary N) is 1. The lowest BCUT2D eigenvalue weighted by Gasteiger charge is -2.40. The summed E-state index contributed by atoms with van der Waals surface area (Å²) in [5.74, 6) is 0.506. The van der Waals surface area contributed by atoms with E-state index in [1.165, 1.54) is 148 Å². The first kappa shape index (κ1) is 54.2. The van der Waals surface area contributed by atoms with Crippen LogP contribution in [0.2, 0.25) is 0 Å². The number of amides is 1. The molecule has 0 aromatic heterocycles. The van der Waals surface area contributed by atoms with Crippen molar-refractivity contribution >= 4 is 5.91 Å². The van der Waals surface area contributed by atoms with Crippen molar-refractivity contribution in [1.29, 1.82) is 0 Å². The third kappa shape index (κ3) is 28.3. The molecule has 0 spiro atoms. The fourth-order valence-corrected chi connectivity index (χ4v) is 8.03. The number of rotatable bonds is 40. The molecule has 0 aromatic carbocycles. The van der Waals surface area contributed by atoms with Gasteiger partial charge in [-0.05, 0) is 18.8 Å². The van der Waals surface area contributed by atoms with Crippen molar-refractivity contribution < 1.29 is 44.9 Å². The van der Waals surface area contributed by atoms with Crippen LogP contribution in [0.25, 0.3) is 0 Å². The van der Waals surface area contributed by atoms with Crippen LogP contribution in [0.15, 0.2) is 0 Å². The van der Waals surface area contributed by atoms with Gasteiger partial charge in [0.15, 0.2) is 6.29 Å². The Hall–Kier alpha value is -0.850. The molecule has 57 heavy (non-hydrogen) atoms. The van der Waals surface area contributed by atoms with E-state index in [2.05, 4.69) is 26.1 Å². The second-order valence-electron chi connectivity index (χ2n) is 17.9. The SMILES string of the molecule is CCCCCCCCCCCCCCCCCCCCCCCC(=O)N[C@@H](CO[C@@H]1O[C@H](CO)[C@@H](O)[C@H](O)[C@H]1O)[C@H](O)[C@H](O)CCCCCCCCCCC(C)C. The monoisotopic (exact) mass is 816 g/mol. The molecule has 1 amide bonds. The molecule has 10 nitrogen and oxygen atoms in total. The smallest absolute Gasteiger partial charge is 0.220 e. The van der Waals surface area contributed by atoms with Crippen molar-refractivity contribution in [2.75, 3.05) is 13.2 Å². The van der Waals surface area contributed by atoms with Crippen LogP contribution in [0.5, 0.6) is 0 Å². The van der Waals surface area contributed by atoms with Crippen molar-refractivity contribution in [2.45, 2.75) is 275 Å². The highest BCUT2D eigenvalue weighted by Crippen LogP contribution is 2.23. The lowest BCUT2D eigenvalue weighted by Crippen LogP contribution is -2.60. The molecular formula is C47H93NO9. The lowest BCUT2D eigenvalue weighted by molar-refractivity contribution is -0.303. The van der Waals surface area contributed by atoms with Gasteiger partial charge in [0.2, 0.25) is 5.91 Å². The van der Waals surface area contributed by atoms with Crippen molar-refractivity contribution in [1.82, 2.24) is 5.32 Å². The van der Waals surface area contributed by atoms with E-state index in [1.54, 1.807) is 0 Å². The topological polar surface area (TPSA) is 169 Å². The Morgan fingerprint density at radius 1 is 0.579 bits per heavy atom. The van der Waals surface area contributed by atoms with E-state index in [0.29, 0.717) is 6.42 Å². The first-order valence-electron chi connectivity index (χ1n) is 24.2. The third-order valence-electron chi connectivity index (χ3n) is 12.0. The largest absolute Gasteiger partial charge is 0.394 e. The molecule has 1 fully saturated rings. The molecule has 1 heterocycles. The Bertz CT molecular complexity index is 893. The fourth-order valence-electron chi connectivity index (χ4n) is 8.03. The van der Waals surface area contributed by atoms with Gasteiger partial charge in [0.25, 0.3) is 0 Å². The van der Waals surface area contributed by atoms with Gasteiger partial charge in [0, 0.05) is 6.42 Å². The lowest BCUT2D eigenvalue weighted by atomic mass is 9.98. The van der Waals surface area contributed by atoms with Crippen molar-refractivity contribution in [2.24, 2.45) is 5.92 Å². The van der Waals surface area contributed by atoms with Gasteiger partial charge in [-0.25, -0.2) is 0 Å². The number of carbonyl (C=O) groups is 1. The van der Waals surface area contributed by atoms with E-state index in [-0.39, 0.29) is 18.9 Å². The van der Waals surface area contributed by atoms with Crippen LogP contribution in [0.4, 0.5) is 0 Å². The number of aliphatic hydroxyl groups excluding tert-OH is 6. The Labute approximate surface area is 349 Å². The van der Waals surface area contributed by atoms with E-state index in [1.807, 2.05) is 0 Å². The number of carbonyl (C=O) groups excluding carboxylic acids is 1. The minimum atomic E-state index is -1.60. The first-order valence-corrected chi connectivity index (χ1v) is 24.2. The van der Waals surface area contributed by atoms with Gasteiger partial charge < -0.3 is 45.4 Å². The minimum absolute atomic E-state index is 0.255. The summed E-state index contributed by atoms with van der Waals surface area (Å²) in [6.45, 7) is 5.91. The van der Waals surface area contributed by atoms with Crippen LogP contribution < -0.4 is 5.32 Å². The van der Waals surface area contributed by atoms with Gasteiger partial charge in [-0.15, -0.1) is 0 Å². The summed E-state index contributed by atoms with van der Waals surface area (Å²) < 4.78 is 11.2. The average Bonchev–Trinajstić information content (AvgIpc) is 3.19. The number of unbranched alkanes of at least 4 members (excludes halogenated alkanes) is 27. The Kier molecular flexibility index (Phi) is 35.1. The zero-order valence-corrected chi connectivity index (χ0v) is 37.1. The Morgan fingerprint density at radius 3 is 1.40 bits per heavy atom. The summed E-state index contributed by atoms with van der Waals surface area (Å²) in [5, 5.41) is 65.1. The molecular weight excluding hydrogens is 723 g/mol. The summed E-state index contributed by atoms with van der Waals surface area (Å²) in [5.41, 5.74) is 0. The van der Waals surface area contributed by atoms with Crippen LogP contribution >= 0.6 is 0 Å². The number of aliphatic hydroxyl groups is 6. The van der Waals surface area contributed by atoms with E-state index in [4.69, 9.17) is 9.47 Å². The fraction of sp³-hybridized carbons (Fsp3) is 0.979. The summed E-state index contributed by atoms with van der Waals surface area (Å²) in [6.07, 6.45) is 28.4. The Balaban J connectivity index is 2.31. The molecule has 0 bridgehead atoms. The van der Waals surface area contributed by atoms with E-state index in [9.17, 15) is 35.4 Å². The zero-order valence-electron chi connectivity index (χ0n) is 37.1. The van der Waals surface area contributed by atoms with Crippen LogP contribution in [-0.2, 0) is 14.3 Å².